The van der Waals surface area contributed by atoms with Crippen molar-refractivity contribution in [1.29, 1.82) is 0 Å². The van der Waals surface area contributed by atoms with Crippen LogP contribution in [0.3, 0.4) is 0 Å². The number of aliphatic hydroxyl groups is 2. The largest absolute Gasteiger partial charge is 0.394 e. The summed E-state index contributed by atoms with van der Waals surface area (Å²) in [4.78, 5) is 0. The quantitative estimate of drug-likeness (QED) is 0.0392. The van der Waals surface area contributed by atoms with Gasteiger partial charge in [0.15, 0.2) is 6.29 Å². The van der Waals surface area contributed by atoms with Crippen LogP contribution in [0.5, 0.6) is 0 Å². The minimum absolute atomic E-state index is 0.0247. The van der Waals surface area contributed by atoms with Crippen molar-refractivity contribution in [1.82, 2.24) is 0 Å². The molecule has 0 saturated heterocycles. The molecule has 2 N–H and O–H groups in total. The molecule has 0 amide bonds. The predicted octanol–water partition coefficient (Wildman–Crippen LogP) is 6.87. The summed E-state index contributed by atoms with van der Waals surface area (Å²) in [7, 11) is 0. The van der Waals surface area contributed by atoms with Gasteiger partial charge in [-0.05, 0) is 31.1 Å². The maximum absolute atomic E-state index is 9.92. The zero-order valence-electron chi connectivity index (χ0n) is 32.5. The van der Waals surface area contributed by atoms with E-state index in [0.717, 1.165) is 32.1 Å². The van der Waals surface area contributed by atoms with E-state index >= 15 is 0 Å². The fourth-order valence-corrected chi connectivity index (χ4v) is 4.95. The van der Waals surface area contributed by atoms with Crippen LogP contribution in [-0.4, -0.2) is 122 Å². The van der Waals surface area contributed by atoms with E-state index in [1.165, 1.54) is 89.9 Å². The Morgan fingerprint density at radius 3 is 1.12 bits per heavy atom. The Bertz CT molecular complexity index is 776. The molecule has 0 aliphatic carbocycles. The minimum Gasteiger partial charge on any atom is -0.394 e. The predicted molar refractivity (Wildman–Crippen MR) is 204 cm³/mol. The molecule has 0 bridgehead atoms. The van der Waals surface area contributed by atoms with E-state index in [2.05, 4.69) is 30.6 Å². The van der Waals surface area contributed by atoms with Crippen molar-refractivity contribution in [3.8, 4) is 23.7 Å². The summed E-state index contributed by atoms with van der Waals surface area (Å²) in [6, 6.07) is 0. The van der Waals surface area contributed by atoms with Crippen LogP contribution >= 0.6 is 0 Å². The molecule has 10 heteroatoms. The van der Waals surface area contributed by atoms with Gasteiger partial charge in [-0.25, -0.2) is 0 Å². The highest BCUT2D eigenvalue weighted by atomic mass is 16.6. The lowest BCUT2D eigenvalue weighted by Gasteiger charge is -2.12. The molecule has 0 aliphatic heterocycles. The molecular weight excluding hydrogens is 652 g/mol. The molecule has 300 valence electrons. The minimum atomic E-state index is -0.902. The van der Waals surface area contributed by atoms with Gasteiger partial charge in [-0.1, -0.05) is 109 Å². The fourth-order valence-electron chi connectivity index (χ4n) is 4.95. The summed E-state index contributed by atoms with van der Waals surface area (Å²) in [6.45, 7) is 9.05. The first-order chi connectivity index (χ1) is 25.3. The van der Waals surface area contributed by atoms with Crippen LogP contribution in [0.4, 0.5) is 0 Å². The van der Waals surface area contributed by atoms with Gasteiger partial charge in [0.1, 0.15) is 0 Å². The summed E-state index contributed by atoms with van der Waals surface area (Å²) < 4.78 is 43.1. The van der Waals surface area contributed by atoms with Gasteiger partial charge >= 0.3 is 0 Å². The maximum Gasteiger partial charge on any atom is 0.178 e. The van der Waals surface area contributed by atoms with Gasteiger partial charge in [0.2, 0.25) is 0 Å². The molecule has 0 heterocycles. The molecule has 0 aromatic heterocycles. The van der Waals surface area contributed by atoms with Crippen LogP contribution in [0.2, 0.25) is 0 Å². The lowest BCUT2D eigenvalue weighted by molar-refractivity contribution is -0.141. The van der Waals surface area contributed by atoms with Gasteiger partial charge in [-0.3, -0.25) is 0 Å². The number of ether oxygens (including phenoxy) is 8. The van der Waals surface area contributed by atoms with E-state index in [1.54, 1.807) is 0 Å². The van der Waals surface area contributed by atoms with E-state index in [0.29, 0.717) is 92.5 Å². The Labute approximate surface area is 312 Å². The van der Waals surface area contributed by atoms with Crippen LogP contribution < -0.4 is 0 Å². The normalized spacial score (nSPS) is 11.7. The lowest BCUT2D eigenvalue weighted by Crippen LogP contribution is -2.21. The average molecular weight is 729 g/mol. The van der Waals surface area contributed by atoms with Crippen molar-refractivity contribution in [3.05, 3.63) is 0 Å². The Kier molecular flexibility index (Phi) is 45.6. The molecule has 1 unspecified atom stereocenters. The van der Waals surface area contributed by atoms with Crippen molar-refractivity contribution in [2.75, 3.05) is 106 Å². The Balaban J connectivity index is 3.24. The van der Waals surface area contributed by atoms with Gasteiger partial charge in [-0.15, -0.1) is 0 Å². The van der Waals surface area contributed by atoms with Crippen molar-refractivity contribution in [2.45, 2.75) is 135 Å². The Morgan fingerprint density at radius 2 is 0.725 bits per heavy atom. The van der Waals surface area contributed by atoms with Crippen LogP contribution in [-0.2, 0) is 37.9 Å². The molecule has 0 rings (SSSR count). The number of aliphatic hydroxyl groups excluding tert-OH is 2. The molecular formula is C41H76O10. The van der Waals surface area contributed by atoms with E-state index in [4.69, 9.17) is 43.0 Å². The van der Waals surface area contributed by atoms with Crippen molar-refractivity contribution >= 4 is 0 Å². The summed E-state index contributed by atoms with van der Waals surface area (Å²) in [6.07, 6.45) is 22.7. The van der Waals surface area contributed by atoms with Gasteiger partial charge in [0.05, 0.1) is 99.1 Å². The number of hydrogen-bond donors (Lipinski definition) is 2. The molecule has 0 fully saturated rings. The van der Waals surface area contributed by atoms with Crippen molar-refractivity contribution in [3.63, 3.8) is 0 Å². The van der Waals surface area contributed by atoms with Crippen molar-refractivity contribution in [2.24, 2.45) is 0 Å². The molecule has 1 atom stereocenters. The number of hydrogen-bond acceptors (Lipinski definition) is 10. The monoisotopic (exact) mass is 729 g/mol. The second-order valence-electron chi connectivity index (χ2n) is 12.6. The number of rotatable bonds is 42. The SMILES string of the molecule is CCCCCCCCCCCCC#CC#CCCCCCCCCCOC(O)COCCOCCOCCOCCOCCOCCOCCO. The van der Waals surface area contributed by atoms with Gasteiger partial charge < -0.3 is 48.1 Å². The van der Waals surface area contributed by atoms with Crippen LogP contribution in [0.25, 0.3) is 0 Å². The third-order valence-electron chi connectivity index (χ3n) is 7.88. The molecule has 0 spiro atoms. The zero-order chi connectivity index (χ0) is 36.8. The zero-order valence-corrected chi connectivity index (χ0v) is 32.5. The Morgan fingerprint density at radius 1 is 0.392 bits per heavy atom. The van der Waals surface area contributed by atoms with E-state index in [-0.39, 0.29) is 13.2 Å². The summed E-state index contributed by atoms with van der Waals surface area (Å²) >= 11 is 0. The molecule has 0 saturated carbocycles. The molecule has 10 nitrogen and oxygen atoms in total. The third kappa shape index (κ3) is 46.7. The topological polar surface area (TPSA) is 114 Å². The second kappa shape index (κ2) is 46.7. The first kappa shape index (κ1) is 49.7. The summed E-state index contributed by atoms with van der Waals surface area (Å²) in [5.74, 6) is 12.5. The fraction of sp³-hybridized carbons (Fsp3) is 0.902. The van der Waals surface area contributed by atoms with Gasteiger partial charge in [0.25, 0.3) is 0 Å². The molecule has 0 aliphatic rings. The van der Waals surface area contributed by atoms with Gasteiger partial charge in [-0.2, -0.15) is 0 Å². The first-order valence-electron chi connectivity index (χ1n) is 20.2. The smallest absolute Gasteiger partial charge is 0.178 e. The lowest BCUT2D eigenvalue weighted by atomic mass is 10.1. The highest BCUT2D eigenvalue weighted by Crippen LogP contribution is 2.11. The van der Waals surface area contributed by atoms with Crippen LogP contribution in [0, 0.1) is 23.7 Å². The molecule has 0 radical (unpaired) electrons. The van der Waals surface area contributed by atoms with Gasteiger partial charge in [0, 0.05) is 19.4 Å². The van der Waals surface area contributed by atoms with Crippen LogP contribution in [0.1, 0.15) is 129 Å². The molecule has 0 aromatic rings. The second-order valence-corrected chi connectivity index (χ2v) is 12.6. The highest BCUT2D eigenvalue weighted by molar-refractivity contribution is 5.25. The first-order valence-corrected chi connectivity index (χ1v) is 20.2. The molecule has 51 heavy (non-hydrogen) atoms. The van der Waals surface area contributed by atoms with E-state index in [1.807, 2.05) is 0 Å². The Hall–Kier alpha value is -1.28. The molecule has 0 aromatic carbocycles. The highest BCUT2D eigenvalue weighted by Gasteiger charge is 2.04. The van der Waals surface area contributed by atoms with E-state index < -0.39 is 6.29 Å². The number of unbranched alkanes of at least 4 members (excludes halogenated alkanes) is 17. The van der Waals surface area contributed by atoms with E-state index in [9.17, 15) is 5.11 Å². The standard InChI is InChI=1S/C41H76O10/c1-2-3-4-5-6-7-8-9-10-11-12-13-14-15-16-17-18-19-20-21-22-23-24-26-51-41(43)40-50-39-38-49-37-36-48-35-34-47-33-32-46-31-30-45-29-28-44-27-25-42/h41-43H,2-12,17-40H2,1H3. The average Bonchev–Trinajstić information content (AvgIpc) is 3.14. The van der Waals surface area contributed by atoms with Crippen LogP contribution in [0.15, 0.2) is 0 Å². The third-order valence-corrected chi connectivity index (χ3v) is 7.88. The maximum atomic E-state index is 9.92. The summed E-state index contributed by atoms with van der Waals surface area (Å²) in [5.41, 5.74) is 0. The van der Waals surface area contributed by atoms with Crippen molar-refractivity contribution < 1.29 is 48.1 Å². The summed E-state index contributed by atoms with van der Waals surface area (Å²) in [5, 5.41) is 18.5.